The second-order valence-electron chi connectivity index (χ2n) is 2.02. The highest BCUT2D eigenvalue weighted by Crippen LogP contribution is 2.02. The normalized spacial score (nSPS) is 11.2. The molecule has 0 radical (unpaired) electrons. The van der Waals surface area contributed by atoms with Gasteiger partial charge in [0, 0.05) is 17.1 Å². The summed E-state index contributed by atoms with van der Waals surface area (Å²) in [6, 6.07) is 0. The van der Waals surface area contributed by atoms with Gasteiger partial charge < -0.3 is 5.11 Å². The SMILES string of the molecule is C=CCSCC=C(C)C(=O)O. The van der Waals surface area contributed by atoms with Crippen molar-refractivity contribution in [1.29, 1.82) is 0 Å². The van der Waals surface area contributed by atoms with Crippen molar-refractivity contribution in [3.8, 4) is 0 Å². The molecule has 2 nitrogen and oxygen atoms in total. The van der Waals surface area contributed by atoms with E-state index in [2.05, 4.69) is 6.58 Å². The first kappa shape index (κ1) is 10.3. The molecular weight excluding hydrogens is 160 g/mol. The Balaban J connectivity index is 3.56. The van der Waals surface area contributed by atoms with Gasteiger partial charge in [0.05, 0.1) is 0 Å². The van der Waals surface area contributed by atoms with Crippen LogP contribution in [0.4, 0.5) is 0 Å². The summed E-state index contributed by atoms with van der Waals surface area (Å²) in [6.45, 7) is 5.15. The van der Waals surface area contributed by atoms with Crippen molar-refractivity contribution in [2.75, 3.05) is 11.5 Å². The summed E-state index contributed by atoms with van der Waals surface area (Å²) in [5, 5.41) is 8.44. The topological polar surface area (TPSA) is 37.3 Å². The van der Waals surface area contributed by atoms with Crippen LogP contribution >= 0.6 is 11.8 Å². The summed E-state index contributed by atoms with van der Waals surface area (Å²) in [4.78, 5) is 10.3. The summed E-state index contributed by atoms with van der Waals surface area (Å²) in [6.07, 6.45) is 3.51. The molecule has 0 aliphatic carbocycles. The predicted octanol–water partition coefficient (Wildman–Crippen LogP) is 1.94. The highest BCUT2D eigenvalue weighted by Gasteiger charge is 1.96. The van der Waals surface area contributed by atoms with E-state index < -0.39 is 5.97 Å². The van der Waals surface area contributed by atoms with Crippen LogP contribution in [0.15, 0.2) is 24.3 Å². The lowest BCUT2D eigenvalue weighted by Gasteiger charge is -1.92. The minimum atomic E-state index is -0.843. The summed E-state index contributed by atoms with van der Waals surface area (Å²) < 4.78 is 0. The lowest BCUT2D eigenvalue weighted by molar-refractivity contribution is -0.132. The highest BCUT2D eigenvalue weighted by molar-refractivity contribution is 7.99. The van der Waals surface area contributed by atoms with E-state index in [4.69, 9.17) is 5.11 Å². The van der Waals surface area contributed by atoms with E-state index in [0.29, 0.717) is 5.57 Å². The van der Waals surface area contributed by atoms with Crippen molar-refractivity contribution in [3.05, 3.63) is 24.3 Å². The maximum atomic E-state index is 10.3. The Hall–Kier alpha value is -0.700. The zero-order valence-corrected chi connectivity index (χ0v) is 7.36. The third-order valence-corrected chi connectivity index (χ3v) is 1.95. The molecule has 0 atom stereocenters. The van der Waals surface area contributed by atoms with Crippen LogP contribution < -0.4 is 0 Å². The number of carbonyl (C=O) groups is 1. The highest BCUT2D eigenvalue weighted by atomic mass is 32.2. The van der Waals surface area contributed by atoms with E-state index in [1.54, 1.807) is 30.8 Å². The molecule has 0 aliphatic heterocycles. The van der Waals surface area contributed by atoms with Crippen LogP contribution in [0.25, 0.3) is 0 Å². The molecule has 62 valence electrons. The van der Waals surface area contributed by atoms with Crippen molar-refractivity contribution < 1.29 is 9.90 Å². The second kappa shape index (κ2) is 6.04. The van der Waals surface area contributed by atoms with Gasteiger partial charge in [0.15, 0.2) is 0 Å². The fourth-order valence-electron chi connectivity index (χ4n) is 0.423. The Bertz CT molecular complexity index is 173. The van der Waals surface area contributed by atoms with Crippen molar-refractivity contribution in [2.24, 2.45) is 0 Å². The van der Waals surface area contributed by atoms with E-state index in [9.17, 15) is 4.79 Å². The van der Waals surface area contributed by atoms with Gasteiger partial charge >= 0.3 is 5.97 Å². The molecule has 0 rings (SSSR count). The average Bonchev–Trinajstić information content (AvgIpc) is 1.97. The van der Waals surface area contributed by atoms with Gasteiger partial charge in [-0.2, -0.15) is 11.8 Å². The quantitative estimate of drug-likeness (QED) is 0.391. The predicted molar refractivity (Wildman–Crippen MR) is 48.9 cm³/mol. The lowest BCUT2D eigenvalue weighted by Crippen LogP contribution is -1.96. The van der Waals surface area contributed by atoms with Crippen molar-refractivity contribution >= 4 is 17.7 Å². The van der Waals surface area contributed by atoms with Crippen LogP contribution in [-0.4, -0.2) is 22.6 Å². The third-order valence-electron chi connectivity index (χ3n) is 1.08. The Kier molecular flexibility index (Phi) is 5.65. The molecule has 0 fully saturated rings. The van der Waals surface area contributed by atoms with E-state index >= 15 is 0 Å². The number of carboxylic acids is 1. The number of aliphatic carboxylic acids is 1. The number of rotatable bonds is 5. The molecule has 0 aliphatic rings. The van der Waals surface area contributed by atoms with Gasteiger partial charge in [-0.1, -0.05) is 12.2 Å². The van der Waals surface area contributed by atoms with E-state index in [1.165, 1.54) is 0 Å². The standard InChI is InChI=1S/C8H12O2S/c1-3-5-11-6-4-7(2)8(9)10/h3-4H,1,5-6H2,2H3,(H,9,10). The molecule has 0 amide bonds. The Morgan fingerprint density at radius 2 is 2.27 bits per heavy atom. The molecule has 0 aromatic heterocycles. The smallest absolute Gasteiger partial charge is 0.330 e. The van der Waals surface area contributed by atoms with Crippen LogP contribution in [0, 0.1) is 0 Å². The van der Waals surface area contributed by atoms with Crippen LogP contribution in [0.2, 0.25) is 0 Å². The Labute approximate surface area is 71.0 Å². The lowest BCUT2D eigenvalue weighted by atomic mass is 10.3. The summed E-state index contributed by atoms with van der Waals surface area (Å²) in [7, 11) is 0. The van der Waals surface area contributed by atoms with Gasteiger partial charge in [-0.3, -0.25) is 0 Å². The summed E-state index contributed by atoms with van der Waals surface area (Å²) >= 11 is 1.64. The third kappa shape index (κ3) is 5.73. The first-order valence-corrected chi connectivity index (χ1v) is 4.42. The van der Waals surface area contributed by atoms with Gasteiger partial charge in [0.25, 0.3) is 0 Å². The first-order chi connectivity index (χ1) is 5.18. The van der Waals surface area contributed by atoms with Gasteiger partial charge in [-0.05, 0) is 6.92 Å². The number of hydrogen-bond donors (Lipinski definition) is 1. The van der Waals surface area contributed by atoms with E-state index in [1.807, 2.05) is 0 Å². The largest absolute Gasteiger partial charge is 0.478 e. The molecular formula is C8H12O2S. The average molecular weight is 172 g/mol. The monoisotopic (exact) mass is 172 g/mol. The summed E-state index contributed by atoms with van der Waals surface area (Å²) in [5.41, 5.74) is 0.404. The van der Waals surface area contributed by atoms with E-state index in [-0.39, 0.29) is 0 Å². The van der Waals surface area contributed by atoms with Gasteiger partial charge in [0.1, 0.15) is 0 Å². The van der Waals surface area contributed by atoms with Gasteiger partial charge in [-0.15, -0.1) is 6.58 Å². The second-order valence-corrected chi connectivity index (χ2v) is 3.09. The number of thioether (sulfide) groups is 1. The van der Waals surface area contributed by atoms with Crippen molar-refractivity contribution in [1.82, 2.24) is 0 Å². The molecule has 0 saturated carbocycles. The number of carboxylic acid groups (broad SMARTS) is 1. The minimum Gasteiger partial charge on any atom is -0.478 e. The van der Waals surface area contributed by atoms with E-state index in [0.717, 1.165) is 11.5 Å². The molecule has 0 unspecified atom stereocenters. The fraction of sp³-hybridized carbons (Fsp3) is 0.375. The molecule has 0 bridgehead atoms. The van der Waals surface area contributed by atoms with Gasteiger partial charge in [-0.25, -0.2) is 4.79 Å². The van der Waals surface area contributed by atoms with Crippen LogP contribution in [0.3, 0.4) is 0 Å². The zero-order chi connectivity index (χ0) is 8.69. The van der Waals surface area contributed by atoms with Crippen molar-refractivity contribution in [2.45, 2.75) is 6.92 Å². The Morgan fingerprint density at radius 3 is 2.73 bits per heavy atom. The molecule has 0 saturated heterocycles. The van der Waals surface area contributed by atoms with Crippen LogP contribution in [0.1, 0.15) is 6.92 Å². The zero-order valence-electron chi connectivity index (χ0n) is 6.54. The first-order valence-electron chi connectivity index (χ1n) is 3.27. The minimum absolute atomic E-state index is 0.404. The molecule has 3 heteroatoms. The molecule has 0 heterocycles. The Morgan fingerprint density at radius 1 is 1.64 bits per heavy atom. The molecule has 0 aromatic rings. The van der Waals surface area contributed by atoms with Crippen LogP contribution in [-0.2, 0) is 4.79 Å². The summed E-state index contributed by atoms with van der Waals surface area (Å²) in [5.74, 6) is 0.761. The van der Waals surface area contributed by atoms with Crippen LogP contribution in [0.5, 0.6) is 0 Å². The maximum Gasteiger partial charge on any atom is 0.330 e. The number of hydrogen-bond acceptors (Lipinski definition) is 2. The maximum absolute atomic E-state index is 10.3. The molecule has 11 heavy (non-hydrogen) atoms. The van der Waals surface area contributed by atoms with Gasteiger partial charge in [0.2, 0.25) is 0 Å². The fourth-order valence-corrected chi connectivity index (χ4v) is 1.09. The molecule has 0 aromatic carbocycles. The molecule has 1 N–H and O–H groups in total. The van der Waals surface area contributed by atoms with Crippen molar-refractivity contribution in [3.63, 3.8) is 0 Å². The molecule has 0 spiro atoms.